The second-order valence-corrected chi connectivity index (χ2v) is 6.38. The van der Waals surface area contributed by atoms with E-state index in [4.69, 9.17) is 4.74 Å². The van der Waals surface area contributed by atoms with Crippen LogP contribution in [0.15, 0.2) is 48.5 Å². The lowest BCUT2D eigenvalue weighted by Crippen LogP contribution is -2.11. The lowest BCUT2D eigenvalue weighted by atomic mass is 9.93. The van der Waals surface area contributed by atoms with Crippen molar-refractivity contribution in [1.82, 2.24) is 0 Å². The number of aliphatic carboxylic acids is 1. The summed E-state index contributed by atoms with van der Waals surface area (Å²) in [4.78, 5) is 11.5. The Morgan fingerprint density at radius 1 is 1.18 bits per heavy atom. The molecule has 0 aliphatic heterocycles. The number of carboxylic acids is 1. The van der Waals surface area contributed by atoms with Crippen LogP contribution in [0.2, 0.25) is 0 Å². The van der Waals surface area contributed by atoms with Crippen LogP contribution in [0.1, 0.15) is 24.5 Å². The molecule has 1 saturated carbocycles. The molecular weight excluding hydrogens is 276 g/mol. The molecule has 1 spiro atoms. The summed E-state index contributed by atoms with van der Waals surface area (Å²) >= 11 is 0. The van der Waals surface area contributed by atoms with Gasteiger partial charge in [0, 0.05) is 5.41 Å². The Bertz CT molecular complexity index is 738. The smallest absolute Gasteiger partial charge is 0.307 e. The van der Waals surface area contributed by atoms with E-state index in [0.29, 0.717) is 0 Å². The van der Waals surface area contributed by atoms with Gasteiger partial charge in [0.15, 0.2) is 0 Å². The first-order chi connectivity index (χ1) is 10.6. The minimum atomic E-state index is -0.672. The van der Waals surface area contributed by atoms with Crippen LogP contribution < -0.4 is 4.74 Å². The van der Waals surface area contributed by atoms with Gasteiger partial charge < -0.3 is 9.84 Å². The number of aryl methyl sites for hydroxylation is 1. The molecule has 2 unspecified atom stereocenters. The molecule has 1 fully saturated rings. The van der Waals surface area contributed by atoms with E-state index in [1.165, 1.54) is 11.1 Å². The molecular formula is C19H18O3. The van der Waals surface area contributed by atoms with Gasteiger partial charge in [-0.3, -0.25) is 4.79 Å². The summed E-state index contributed by atoms with van der Waals surface area (Å²) in [5, 5.41) is 9.45. The maximum absolute atomic E-state index is 11.5. The minimum absolute atomic E-state index is 0.169. The zero-order valence-corrected chi connectivity index (χ0v) is 12.5. The normalized spacial score (nSPS) is 28.4. The zero-order valence-electron chi connectivity index (χ0n) is 12.5. The van der Waals surface area contributed by atoms with Crippen LogP contribution in [-0.2, 0) is 16.6 Å². The van der Waals surface area contributed by atoms with Crippen molar-refractivity contribution in [3.05, 3.63) is 59.7 Å². The van der Waals surface area contributed by atoms with Gasteiger partial charge in [0.2, 0.25) is 0 Å². The molecule has 112 valence electrons. The van der Waals surface area contributed by atoms with Gasteiger partial charge >= 0.3 is 5.97 Å². The van der Waals surface area contributed by atoms with Crippen LogP contribution in [0.25, 0.3) is 0 Å². The van der Waals surface area contributed by atoms with Crippen LogP contribution >= 0.6 is 0 Å². The Morgan fingerprint density at radius 3 is 2.64 bits per heavy atom. The SMILES string of the molecule is C[C@H]1C(C(=O)O)C12CCc1ccc(Oc3ccccc3)cc12. The van der Waals surface area contributed by atoms with Crippen molar-refractivity contribution in [2.24, 2.45) is 11.8 Å². The molecule has 0 saturated heterocycles. The molecule has 0 aromatic heterocycles. The molecule has 0 bridgehead atoms. The van der Waals surface area contributed by atoms with Gasteiger partial charge in [-0.15, -0.1) is 0 Å². The average molecular weight is 294 g/mol. The van der Waals surface area contributed by atoms with Crippen molar-refractivity contribution in [2.75, 3.05) is 0 Å². The quantitative estimate of drug-likeness (QED) is 0.930. The van der Waals surface area contributed by atoms with Crippen molar-refractivity contribution in [3.63, 3.8) is 0 Å². The molecule has 2 aromatic carbocycles. The molecule has 0 heterocycles. The molecule has 1 N–H and O–H groups in total. The highest BCUT2D eigenvalue weighted by Gasteiger charge is 2.68. The largest absolute Gasteiger partial charge is 0.481 e. The summed E-state index contributed by atoms with van der Waals surface area (Å²) in [6.07, 6.45) is 1.91. The topological polar surface area (TPSA) is 46.5 Å². The summed E-state index contributed by atoms with van der Waals surface area (Å²) < 4.78 is 5.91. The van der Waals surface area contributed by atoms with Crippen LogP contribution in [0, 0.1) is 11.8 Å². The number of para-hydroxylation sites is 1. The summed E-state index contributed by atoms with van der Waals surface area (Å²) in [5.41, 5.74) is 2.29. The van der Waals surface area contributed by atoms with Gasteiger partial charge in [-0.25, -0.2) is 0 Å². The third-order valence-corrected chi connectivity index (χ3v) is 5.39. The molecule has 2 aromatic rings. The first-order valence-corrected chi connectivity index (χ1v) is 7.72. The van der Waals surface area contributed by atoms with Crippen molar-refractivity contribution in [2.45, 2.75) is 25.2 Å². The fourth-order valence-corrected chi connectivity index (χ4v) is 4.23. The number of fused-ring (bicyclic) bond motifs is 2. The Kier molecular flexibility index (Phi) is 2.80. The van der Waals surface area contributed by atoms with Gasteiger partial charge in [0.05, 0.1) is 5.92 Å². The van der Waals surface area contributed by atoms with E-state index in [2.05, 4.69) is 19.1 Å². The van der Waals surface area contributed by atoms with Crippen LogP contribution in [-0.4, -0.2) is 11.1 Å². The van der Waals surface area contributed by atoms with E-state index in [9.17, 15) is 9.90 Å². The second kappa shape index (κ2) is 4.60. The van der Waals surface area contributed by atoms with Crippen molar-refractivity contribution in [3.8, 4) is 11.5 Å². The Labute approximate surface area is 129 Å². The fraction of sp³-hybridized carbons (Fsp3) is 0.316. The highest BCUT2D eigenvalue weighted by atomic mass is 16.5. The lowest BCUT2D eigenvalue weighted by molar-refractivity contribution is -0.139. The number of carbonyl (C=O) groups is 1. The van der Waals surface area contributed by atoms with Gasteiger partial charge in [-0.1, -0.05) is 31.2 Å². The molecule has 22 heavy (non-hydrogen) atoms. The van der Waals surface area contributed by atoms with E-state index in [-0.39, 0.29) is 17.3 Å². The number of rotatable bonds is 3. The van der Waals surface area contributed by atoms with Crippen LogP contribution in [0.5, 0.6) is 11.5 Å². The van der Waals surface area contributed by atoms with E-state index >= 15 is 0 Å². The summed E-state index contributed by atoms with van der Waals surface area (Å²) in [6, 6.07) is 15.8. The van der Waals surface area contributed by atoms with E-state index in [1.807, 2.05) is 36.4 Å². The maximum atomic E-state index is 11.5. The van der Waals surface area contributed by atoms with Gasteiger partial charge in [0.25, 0.3) is 0 Å². The predicted octanol–water partition coefficient (Wildman–Crippen LogP) is 4.01. The predicted molar refractivity (Wildman–Crippen MR) is 83.2 cm³/mol. The Hall–Kier alpha value is -2.29. The van der Waals surface area contributed by atoms with Crippen molar-refractivity contribution in [1.29, 1.82) is 0 Å². The molecule has 3 atom stereocenters. The third-order valence-electron chi connectivity index (χ3n) is 5.39. The van der Waals surface area contributed by atoms with Crippen LogP contribution in [0.3, 0.4) is 0 Å². The number of hydrogen-bond donors (Lipinski definition) is 1. The summed E-state index contributed by atoms with van der Waals surface area (Å²) in [7, 11) is 0. The summed E-state index contributed by atoms with van der Waals surface area (Å²) in [5.74, 6) is 0.872. The van der Waals surface area contributed by atoms with E-state index < -0.39 is 5.97 Å². The Morgan fingerprint density at radius 2 is 1.95 bits per heavy atom. The van der Waals surface area contributed by atoms with Crippen molar-refractivity contribution < 1.29 is 14.6 Å². The molecule has 2 aliphatic carbocycles. The molecule has 3 heteroatoms. The zero-order chi connectivity index (χ0) is 15.3. The number of benzene rings is 2. The molecule has 0 radical (unpaired) electrons. The minimum Gasteiger partial charge on any atom is -0.481 e. The van der Waals surface area contributed by atoms with Gasteiger partial charge in [-0.2, -0.15) is 0 Å². The van der Waals surface area contributed by atoms with E-state index in [1.54, 1.807) is 0 Å². The van der Waals surface area contributed by atoms with Gasteiger partial charge in [0.1, 0.15) is 11.5 Å². The van der Waals surface area contributed by atoms with Gasteiger partial charge in [-0.05, 0) is 54.2 Å². The summed E-state index contributed by atoms with van der Waals surface area (Å²) in [6.45, 7) is 2.05. The first-order valence-electron chi connectivity index (χ1n) is 7.72. The van der Waals surface area contributed by atoms with Crippen molar-refractivity contribution >= 4 is 5.97 Å². The average Bonchev–Trinajstić information content (AvgIpc) is 2.94. The standard InChI is InChI=1S/C19H18O3/c1-12-17(18(20)21)19(12)10-9-13-7-8-15(11-16(13)19)22-14-5-3-2-4-6-14/h2-8,11-12,17H,9-10H2,1H3,(H,20,21)/t12-,17?,19?/m0/s1. The first kappa shape index (κ1) is 13.4. The highest BCUT2D eigenvalue weighted by Crippen LogP contribution is 2.66. The molecule has 4 rings (SSSR count). The van der Waals surface area contributed by atoms with E-state index in [0.717, 1.165) is 24.3 Å². The molecule has 0 amide bonds. The molecule has 3 nitrogen and oxygen atoms in total. The number of hydrogen-bond acceptors (Lipinski definition) is 2. The Balaban J connectivity index is 1.69. The maximum Gasteiger partial charge on any atom is 0.307 e. The number of ether oxygens (including phenoxy) is 1. The number of carboxylic acid groups (broad SMARTS) is 1. The lowest BCUT2D eigenvalue weighted by Gasteiger charge is -2.13. The van der Waals surface area contributed by atoms with Crippen LogP contribution in [0.4, 0.5) is 0 Å². The monoisotopic (exact) mass is 294 g/mol. The second-order valence-electron chi connectivity index (χ2n) is 6.38. The molecule has 2 aliphatic rings. The fourth-order valence-electron chi connectivity index (χ4n) is 4.23. The highest BCUT2D eigenvalue weighted by molar-refractivity contribution is 5.79. The third kappa shape index (κ3) is 1.78.